The third-order valence-electron chi connectivity index (χ3n) is 1.30. The Morgan fingerprint density at radius 2 is 2.27 bits per heavy atom. The summed E-state index contributed by atoms with van der Waals surface area (Å²) in [5, 5.41) is 0. The fourth-order valence-corrected chi connectivity index (χ4v) is 0.572. The molecule has 0 saturated carbocycles. The van der Waals surface area contributed by atoms with Crippen LogP contribution in [0.2, 0.25) is 0 Å². The summed E-state index contributed by atoms with van der Waals surface area (Å²) in [6.45, 7) is 2.29. The van der Waals surface area contributed by atoms with E-state index in [0.717, 1.165) is 0 Å². The van der Waals surface area contributed by atoms with Crippen molar-refractivity contribution in [3.8, 4) is 0 Å². The number of rotatable bonds is 5. The molecule has 0 saturated heterocycles. The minimum absolute atomic E-state index is 0.0820. The zero-order chi connectivity index (χ0) is 8.69. The van der Waals surface area contributed by atoms with Crippen molar-refractivity contribution in [1.82, 2.24) is 0 Å². The highest BCUT2D eigenvalue weighted by atomic mass is 35.5. The quantitative estimate of drug-likeness (QED) is 0.471. The van der Waals surface area contributed by atoms with E-state index in [-0.39, 0.29) is 18.0 Å². The van der Waals surface area contributed by atoms with Gasteiger partial charge in [0.1, 0.15) is 5.88 Å². The normalized spacial score (nSPS) is 12.6. The first-order valence-corrected chi connectivity index (χ1v) is 3.98. The first kappa shape index (κ1) is 10.7. The molecule has 0 fully saturated rings. The van der Waals surface area contributed by atoms with Crippen molar-refractivity contribution in [2.45, 2.75) is 19.4 Å². The summed E-state index contributed by atoms with van der Waals surface area (Å²) in [6, 6.07) is 0. The fraction of sp³-hybridized carbons (Fsp3) is 0.857. The number of alkyl halides is 1. The minimum Gasteiger partial charge on any atom is -0.465 e. The van der Waals surface area contributed by atoms with Gasteiger partial charge >= 0.3 is 5.97 Å². The Labute approximate surface area is 71.6 Å². The molecule has 3 nitrogen and oxygen atoms in total. The lowest BCUT2D eigenvalue weighted by atomic mass is 10.3. The second-order valence-corrected chi connectivity index (χ2v) is 2.46. The van der Waals surface area contributed by atoms with Gasteiger partial charge in [-0.2, -0.15) is 0 Å². The molecule has 1 atom stereocenters. The van der Waals surface area contributed by atoms with Gasteiger partial charge in [0, 0.05) is 13.5 Å². The Hall–Kier alpha value is -0.280. The van der Waals surface area contributed by atoms with Crippen LogP contribution in [0.25, 0.3) is 0 Å². The summed E-state index contributed by atoms with van der Waals surface area (Å²) < 4.78 is 9.65. The van der Waals surface area contributed by atoms with E-state index in [2.05, 4.69) is 0 Å². The maximum absolute atomic E-state index is 10.5. The highest BCUT2D eigenvalue weighted by molar-refractivity contribution is 6.26. The molecule has 0 amide bonds. The van der Waals surface area contributed by atoms with Crippen LogP contribution in [0, 0.1) is 0 Å². The van der Waals surface area contributed by atoms with Crippen LogP contribution in [0.15, 0.2) is 0 Å². The van der Waals surface area contributed by atoms with Gasteiger partial charge in [-0.05, 0) is 6.92 Å². The zero-order valence-corrected chi connectivity index (χ0v) is 7.56. The van der Waals surface area contributed by atoms with Crippen molar-refractivity contribution < 1.29 is 14.3 Å². The molecule has 0 N–H and O–H groups in total. The van der Waals surface area contributed by atoms with E-state index >= 15 is 0 Å². The highest BCUT2D eigenvalue weighted by Gasteiger charge is 2.02. The van der Waals surface area contributed by atoms with Crippen LogP contribution in [0.5, 0.6) is 0 Å². The molecule has 11 heavy (non-hydrogen) atoms. The smallest absolute Gasteiger partial charge is 0.320 e. The van der Waals surface area contributed by atoms with Crippen molar-refractivity contribution in [1.29, 1.82) is 0 Å². The van der Waals surface area contributed by atoms with Gasteiger partial charge in [-0.15, -0.1) is 11.6 Å². The van der Waals surface area contributed by atoms with E-state index in [1.807, 2.05) is 6.92 Å². The van der Waals surface area contributed by atoms with Crippen LogP contribution in [-0.2, 0) is 14.3 Å². The van der Waals surface area contributed by atoms with Crippen LogP contribution in [-0.4, -0.2) is 31.7 Å². The maximum Gasteiger partial charge on any atom is 0.320 e. The summed E-state index contributed by atoms with van der Waals surface area (Å²) in [7, 11) is 1.62. The molecule has 1 unspecified atom stereocenters. The molecule has 0 aromatic rings. The number of hydrogen-bond donors (Lipinski definition) is 0. The highest BCUT2D eigenvalue weighted by Crippen LogP contribution is 1.95. The molecule has 0 aliphatic carbocycles. The van der Waals surface area contributed by atoms with Crippen molar-refractivity contribution in [3.05, 3.63) is 0 Å². The molecule has 0 aliphatic rings. The molecule has 0 bridgehead atoms. The molecule has 0 rings (SSSR count). The van der Waals surface area contributed by atoms with E-state index in [1.54, 1.807) is 7.11 Å². The third kappa shape index (κ3) is 6.13. The van der Waals surface area contributed by atoms with Crippen LogP contribution in [0.1, 0.15) is 13.3 Å². The zero-order valence-electron chi connectivity index (χ0n) is 6.80. The monoisotopic (exact) mass is 180 g/mol. The van der Waals surface area contributed by atoms with Crippen molar-refractivity contribution >= 4 is 17.6 Å². The van der Waals surface area contributed by atoms with Gasteiger partial charge in [-0.1, -0.05) is 0 Å². The number of hydrogen-bond acceptors (Lipinski definition) is 3. The molecule has 0 radical (unpaired) electrons. The molecule has 0 aliphatic heterocycles. The summed E-state index contributed by atoms with van der Waals surface area (Å²) >= 11 is 5.20. The van der Waals surface area contributed by atoms with Gasteiger partial charge in [0.25, 0.3) is 0 Å². The largest absolute Gasteiger partial charge is 0.465 e. The lowest BCUT2D eigenvalue weighted by Crippen LogP contribution is -2.13. The number of methoxy groups -OCH3 is 1. The summed E-state index contributed by atoms with van der Waals surface area (Å²) in [5.41, 5.74) is 0. The summed E-state index contributed by atoms with van der Waals surface area (Å²) in [5.74, 6) is -0.462. The molecule has 4 heteroatoms. The van der Waals surface area contributed by atoms with Gasteiger partial charge in [0.2, 0.25) is 0 Å². The van der Waals surface area contributed by atoms with Gasteiger partial charge < -0.3 is 9.47 Å². The number of esters is 1. The van der Waals surface area contributed by atoms with Gasteiger partial charge in [-0.25, -0.2) is 0 Å². The van der Waals surface area contributed by atoms with Crippen molar-refractivity contribution in [2.24, 2.45) is 0 Å². The molecular formula is C7H13ClO3. The van der Waals surface area contributed by atoms with Crippen LogP contribution in [0.3, 0.4) is 0 Å². The summed E-state index contributed by atoms with van der Waals surface area (Å²) in [6.07, 6.45) is 0.831. The summed E-state index contributed by atoms with van der Waals surface area (Å²) in [4.78, 5) is 10.5. The number of ether oxygens (including phenoxy) is 2. The number of carbonyl (C=O) groups excluding carboxylic acids is 1. The standard InChI is InChI=1S/C7H13ClO3/c1-6(10-2)3-4-11-7(9)5-8/h6H,3-5H2,1-2H3. The topological polar surface area (TPSA) is 35.5 Å². The predicted octanol–water partition coefficient (Wildman–Crippen LogP) is 1.19. The van der Waals surface area contributed by atoms with E-state index in [0.29, 0.717) is 13.0 Å². The van der Waals surface area contributed by atoms with E-state index < -0.39 is 0 Å². The van der Waals surface area contributed by atoms with E-state index in [4.69, 9.17) is 21.1 Å². The SMILES string of the molecule is COC(C)CCOC(=O)CCl. The number of halogens is 1. The maximum atomic E-state index is 10.5. The van der Waals surface area contributed by atoms with Crippen molar-refractivity contribution in [3.63, 3.8) is 0 Å². The second-order valence-electron chi connectivity index (χ2n) is 2.19. The Bertz CT molecular complexity index is 116. The van der Waals surface area contributed by atoms with Gasteiger partial charge in [0.05, 0.1) is 12.7 Å². The fourth-order valence-electron chi connectivity index (χ4n) is 0.495. The van der Waals surface area contributed by atoms with Crippen LogP contribution < -0.4 is 0 Å². The lowest BCUT2D eigenvalue weighted by molar-refractivity contribution is -0.141. The molecular weight excluding hydrogens is 168 g/mol. The Balaban J connectivity index is 3.20. The Morgan fingerprint density at radius 1 is 1.64 bits per heavy atom. The second kappa shape index (κ2) is 6.43. The Kier molecular flexibility index (Phi) is 6.27. The minimum atomic E-state index is -0.380. The average molecular weight is 181 g/mol. The molecule has 66 valence electrons. The van der Waals surface area contributed by atoms with Crippen molar-refractivity contribution in [2.75, 3.05) is 19.6 Å². The molecule has 0 heterocycles. The average Bonchev–Trinajstić information content (AvgIpc) is 2.04. The Morgan fingerprint density at radius 3 is 2.73 bits per heavy atom. The number of carbonyl (C=O) groups is 1. The third-order valence-corrected chi connectivity index (χ3v) is 1.52. The van der Waals surface area contributed by atoms with Gasteiger partial charge in [0.15, 0.2) is 0 Å². The lowest BCUT2D eigenvalue weighted by Gasteiger charge is -2.08. The first-order valence-electron chi connectivity index (χ1n) is 3.45. The first-order chi connectivity index (χ1) is 5.20. The molecule has 0 aromatic carbocycles. The van der Waals surface area contributed by atoms with Crippen LogP contribution in [0.4, 0.5) is 0 Å². The predicted molar refractivity (Wildman–Crippen MR) is 42.8 cm³/mol. The molecule has 0 aromatic heterocycles. The van der Waals surface area contributed by atoms with E-state index in [1.165, 1.54) is 0 Å². The van der Waals surface area contributed by atoms with Gasteiger partial charge in [-0.3, -0.25) is 4.79 Å². The van der Waals surface area contributed by atoms with Crippen LogP contribution >= 0.6 is 11.6 Å². The van der Waals surface area contributed by atoms with E-state index in [9.17, 15) is 4.79 Å². The molecule has 0 spiro atoms.